The highest BCUT2D eigenvalue weighted by molar-refractivity contribution is 5.22. The van der Waals surface area contributed by atoms with E-state index in [2.05, 4.69) is 71.1 Å². The molecule has 0 amide bonds. The van der Waals surface area contributed by atoms with Crippen LogP contribution in [0, 0.1) is 6.92 Å². The van der Waals surface area contributed by atoms with Gasteiger partial charge < -0.3 is 4.57 Å². The van der Waals surface area contributed by atoms with Crippen molar-refractivity contribution in [2.75, 3.05) is 0 Å². The van der Waals surface area contributed by atoms with Crippen LogP contribution in [0.1, 0.15) is 22.6 Å². The maximum absolute atomic E-state index is 4.57. The summed E-state index contributed by atoms with van der Waals surface area (Å²) in [5.41, 5.74) is 3.81. The van der Waals surface area contributed by atoms with Gasteiger partial charge in [0.2, 0.25) is 0 Å². The first kappa shape index (κ1) is 12.7. The Morgan fingerprint density at radius 2 is 1.45 bits per heavy atom. The molecule has 0 bridgehead atoms. The van der Waals surface area contributed by atoms with E-state index in [0.717, 1.165) is 18.8 Å². The minimum Gasteiger partial charge on any atom is -0.328 e. The second-order valence-corrected chi connectivity index (χ2v) is 5.05. The van der Waals surface area contributed by atoms with Crippen LogP contribution < -0.4 is 0 Å². The predicted molar refractivity (Wildman–Crippen MR) is 81.8 cm³/mol. The van der Waals surface area contributed by atoms with Gasteiger partial charge in [-0.2, -0.15) is 0 Å². The quantitative estimate of drug-likeness (QED) is 0.698. The van der Waals surface area contributed by atoms with Crippen LogP contribution in [-0.2, 0) is 13.0 Å². The van der Waals surface area contributed by atoms with Gasteiger partial charge in [-0.05, 0) is 18.1 Å². The van der Waals surface area contributed by atoms with Gasteiger partial charge in [-0.3, -0.25) is 0 Å². The van der Waals surface area contributed by atoms with E-state index < -0.39 is 0 Å². The largest absolute Gasteiger partial charge is 0.328 e. The van der Waals surface area contributed by atoms with Crippen LogP contribution in [0.5, 0.6) is 0 Å². The van der Waals surface area contributed by atoms with Crippen LogP contribution in [0.25, 0.3) is 0 Å². The molecule has 2 heteroatoms. The van der Waals surface area contributed by atoms with E-state index in [1.54, 1.807) is 0 Å². The molecule has 0 fully saturated rings. The van der Waals surface area contributed by atoms with Crippen LogP contribution >= 0.6 is 0 Å². The SMILES string of the molecule is Cc1cnc(Cc2ccccc2)n1Cc1ccccc1. The molecule has 0 saturated heterocycles. The van der Waals surface area contributed by atoms with Crippen LogP contribution in [0.15, 0.2) is 66.9 Å². The third-order valence-electron chi connectivity index (χ3n) is 3.53. The van der Waals surface area contributed by atoms with Gasteiger partial charge in [-0.25, -0.2) is 4.98 Å². The van der Waals surface area contributed by atoms with Crippen LogP contribution in [0.2, 0.25) is 0 Å². The highest BCUT2D eigenvalue weighted by Crippen LogP contribution is 2.13. The van der Waals surface area contributed by atoms with Crippen molar-refractivity contribution in [2.45, 2.75) is 19.9 Å². The molecule has 0 unspecified atom stereocenters. The number of rotatable bonds is 4. The van der Waals surface area contributed by atoms with E-state index in [-0.39, 0.29) is 0 Å². The van der Waals surface area contributed by atoms with Gasteiger partial charge in [0.25, 0.3) is 0 Å². The molecule has 3 rings (SSSR count). The van der Waals surface area contributed by atoms with Gasteiger partial charge >= 0.3 is 0 Å². The van der Waals surface area contributed by atoms with Crippen LogP contribution in [0.3, 0.4) is 0 Å². The number of benzene rings is 2. The van der Waals surface area contributed by atoms with Crippen molar-refractivity contribution in [3.63, 3.8) is 0 Å². The molecule has 0 atom stereocenters. The first-order valence-electron chi connectivity index (χ1n) is 6.92. The highest BCUT2D eigenvalue weighted by Gasteiger charge is 2.08. The molecule has 0 aliphatic rings. The Morgan fingerprint density at radius 1 is 0.850 bits per heavy atom. The fourth-order valence-electron chi connectivity index (χ4n) is 2.41. The highest BCUT2D eigenvalue weighted by atomic mass is 15.1. The maximum atomic E-state index is 4.57. The van der Waals surface area contributed by atoms with Crippen molar-refractivity contribution < 1.29 is 0 Å². The van der Waals surface area contributed by atoms with Crippen LogP contribution in [0.4, 0.5) is 0 Å². The summed E-state index contributed by atoms with van der Waals surface area (Å²) in [6.45, 7) is 3.00. The summed E-state index contributed by atoms with van der Waals surface area (Å²) in [6, 6.07) is 21.0. The second kappa shape index (κ2) is 5.74. The number of aromatic nitrogens is 2. The number of aryl methyl sites for hydroxylation is 1. The standard InChI is InChI=1S/C18H18N2/c1-15-13-19-18(12-16-8-4-2-5-9-16)20(15)14-17-10-6-3-7-11-17/h2-11,13H,12,14H2,1H3. The first-order valence-corrected chi connectivity index (χ1v) is 6.92. The summed E-state index contributed by atoms with van der Waals surface area (Å²) in [4.78, 5) is 4.57. The van der Waals surface area contributed by atoms with Crippen molar-refractivity contribution in [3.05, 3.63) is 89.5 Å². The molecule has 0 aliphatic carbocycles. The summed E-state index contributed by atoms with van der Waals surface area (Å²) >= 11 is 0. The van der Waals surface area contributed by atoms with E-state index in [4.69, 9.17) is 0 Å². The Hall–Kier alpha value is -2.35. The predicted octanol–water partition coefficient (Wildman–Crippen LogP) is 3.83. The molecule has 0 spiro atoms. The third kappa shape index (κ3) is 2.80. The van der Waals surface area contributed by atoms with Crippen molar-refractivity contribution in [2.24, 2.45) is 0 Å². The first-order chi connectivity index (χ1) is 9.83. The van der Waals surface area contributed by atoms with Gasteiger partial charge in [0.05, 0.1) is 0 Å². The van der Waals surface area contributed by atoms with Gasteiger partial charge in [0, 0.05) is 24.9 Å². The molecular formula is C18H18N2. The van der Waals surface area contributed by atoms with Crippen molar-refractivity contribution in [1.82, 2.24) is 9.55 Å². The monoisotopic (exact) mass is 262 g/mol. The Balaban J connectivity index is 1.86. The smallest absolute Gasteiger partial charge is 0.113 e. The number of hydrogen-bond acceptors (Lipinski definition) is 1. The van der Waals surface area contributed by atoms with Crippen molar-refractivity contribution >= 4 is 0 Å². The summed E-state index contributed by atoms with van der Waals surface area (Å²) in [5.74, 6) is 1.12. The van der Waals surface area contributed by atoms with E-state index in [1.807, 2.05) is 12.3 Å². The molecule has 100 valence electrons. The van der Waals surface area contributed by atoms with E-state index in [9.17, 15) is 0 Å². The Morgan fingerprint density at radius 3 is 2.10 bits per heavy atom. The minimum absolute atomic E-state index is 0.877. The van der Waals surface area contributed by atoms with Gasteiger partial charge in [0.15, 0.2) is 0 Å². The molecule has 3 aromatic rings. The third-order valence-corrected chi connectivity index (χ3v) is 3.53. The van der Waals surface area contributed by atoms with Gasteiger partial charge in [-0.1, -0.05) is 60.7 Å². The zero-order chi connectivity index (χ0) is 13.8. The fraction of sp³-hybridized carbons (Fsp3) is 0.167. The summed E-state index contributed by atoms with van der Waals surface area (Å²) < 4.78 is 2.29. The van der Waals surface area contributed by atoms with E-state index in [1.165, 1.54) is 16.8 Å². The molecule has 20 heavy (non-hydrogen) atoms. The summed E-state index contributed by atoms with van der Waals surface area (Å²) in [7, 11) is 0. The zero-order valence-corrected chi connectivity index (χ0v) is 11.7. The molecule has 2 nitrogen and oxygen atoms in total. The lowest BCUT2D eigenvalue weighted by Gasteiger charge is -2.10. The summed E-state index contributed by atoms with van der Waals surface area (Å²) in [6.07, 6.45) is 2.84. The molecule has 0 aliphatic heterocycles. The molecule has 1 aromatic heterocycles. The van der Waals surface area contributed by atoms with Crippen molar-refractivity contribution in [3.8, 4) is 0 Å². The topological polar surface area (TPSA) is 17.8 Å². The average Bonchev–Trinajstić information content (AvgIpc) is 2.83. The molecule has 0 radical (unpaired) electrons. The number of imidazole rings is 1. The Bertz CT molecular complexity index is 669. The lowest BCUT2D eigenvalue weighted by molar-refractivity contribution is 0.720. The zero-order valence-electron chi connectivity index (χ0n) is 11.7. The molecular weight excluding hydrogens is 244 g/mol. The number of hydrogen-bond donors (Lipinski definition) is 0. The molecule has 0 N–H and O–H groups in total. The Kier molecular flexibility index (Phi) is 3.64. The van der Waals surface area contributed by atoms with E-state index in [0.29, 0.717) is 0 Å². The lowest BCUT2D eigenvalue weighted by Crippen LogP contribution is -2.07. The minimum atomic E-state index is 0.877. The second-order valence-electron chi connectivity index (χ2n) is 5.05. The normalized spacial score (nSPS) is 10.7. The van der Waals surface area contributed by atoms with Gasteiger partial charge in [0.1, 0.15) is 5.82 Å². The average molecular weight is 262 g/mol. The van der Waals surface area contributed by atoms with Gasteiger partial charge in [-0.15, -0.1) is 0 Å². The molecule has 1 heterocycles. The van der Waals surface area contributed by atoms with Crippen LogP contribution in [-0.4, -0.2) is 9.55 Å². The number of nitrogens with zero attached hydrogens (tertiary/aromatic N) is 2. The lowest BCUT2D eigenvalue weighted by atomic mass is 10.1. The molecule has 2 aromatic carbocycles. The Labute approximate surface area is 119 Å². The molecule has 0 saturated carbocycles. The maximum Gasteiger partial charge on any atom is 0.113 e. The fourth-order valence-corrected chi connectivity index (χ4v) is 2.41. The summed E-state index contributed by atoms with van der Waals surface area (Å²) in [5, 5.41) is 0. The van der Waals surface area contributed by atoms with E-state index >= 15 is 0 Å². The van der Waals surface area contributed by atoms with Crippen molar-refractivity contribution in [1.29, 1.82) is 0 Å².